The van der Waals surface area contributed by atoms with Crippen molar-refractivity contribution in [1.82, 2.24) is 14.8 Å². The first-order valence-electron chi connectivity index (χ1n) is 5.88. The molecular formula is C11H18ClN3S. The zero-order valence-electron chi connectivity index (χ0n) is 9.82. The van der Waals surface area contributed by atoms with Crippen LogP contribution in [0.2, 0.25) is 5.28 Å². The first kappa shape index (κ1) is 12.2. The Morgan fingerprint density at radius 2 is 2.25 bits per heavy atom. The lowest BCUT2D eigenvalue weighted by molar-refractivity contribution is 0.353. The average Bonchev–Trinajstić information content (AvgIpc) is 2.70. The van der Waals surface area contributed by atoms with Crippen molar-refractivity contribution < 1.29 is 0 Å². The van der Waals surface area contributed by atoms with Crippen molar-refractivity contribution in [1.29, 1.82) is 0 Å². The van der Waals surface area contributed by atoms with Crippen LogP contribution in [0.1, 0.15) is 44.5 Å². The Bertz CT molecular complexity index is 353. The van der Waals surface area contributed by atoms with Crippen molar-refractivity contribution in [3.8, 4) is 0 Å². The highest BCUT2D eigenvalue weighted by atomic mass is 35.5. The van der Waals surface area contributed by atoms with Crippen LogP contribution in [-0.4, -0.2) is 26.3 Å². The monoisotopic (exact) mass is 259 g/mol. The summed E-state index contributed by atoms with van der Waals surface area (Å²) < 4.78 is 2.14. The van der Waals surface area contributed by atoms with Crippen LogP contribution >= 0.6 is 23.4 Å². The third kappa shape index (κ3) is 2.38. The molecule has 2 rings (SSSR count). The van der Waals surface area contributed by atoms with Crippen LogP contribution in [0, 0.1) is 0 Å². The van der Waals surface area contributed by atoms with Crippen LogP contribution in [0.25, 0.3) is 0 Å². The maximum absolute atomic E-state index is 6.13. The zero-order chi connectivity index (χ0) is 11.5. The molecule has 0 radical (unpaired) electrons. The molecule has 1 aliphatic carbocycles. The molecule has 1 aliphatic rings. The number of rotatable bonds is 3. The van der Waals surface area contributed by atoms with E-state index in [2.05, 4.69) is 27.9 Å². The average molecular weight is 260 g/mol. The van der Waals surface area contributed by atoms with E-state index in [0.717, 1.165) is 17.5 Å². The van der Waals surface area contributed by atoms with Crippen molar-refractivity contribution in [2.75, 3.05) is 6.26 Å². The van der Waals surface area contributed by atoms with Gasteiger partial charge >= 0.3 is 0 Å². The van der Waals surface area contributed by atoms with Gasteiger partial charge in [-0.25, -0.2) is 0 Å². The minimum atomic E-state index is 0.503. The van der Waals surface area contributed by atoms with Crippen molar-refractivity contribution in [3.63, 3.8) is 0 Å². The third-order valence-corrected chi connectivity index (χ3v) is 4.69. The summed E-state index contributed by atoms with van der Waals surface area (Å²) in [5.41, 5.74) is 0. The Kier molecular flexibility index (Phi) is 4.14. The van der Waals surface area contributed by atoms with Gasteiger partial charge in [0.05, 0.1) is 0 Å². The second kappa shape index (κ2) is 5.41. The van der Waals surface area contributed by atoms with Gasteiger partial charge in [-0.15, -0.1) is 10.2 Å². The topological polar surface area (TPSA) is 30.7 Å². The van der Waals surface area contributed by atoms with Crippen LogP contribution in [0.5, 0.6) is 0 Å². The smallest absolute Gasteiger partial charge is 0.225 e. The molecule has 0 amide bonds. The van der Waals surface area contributed by atoms with E-state index >= 15 is 0 Å². The predicted molar refractivity (Wildman–Crippen MR) is 69.2 cm³/mol. The summed E-state index contributed by atoms with van der Waals surface area (Å²) in [5.74, 6) is 1.02. The Morgan fingerprint density at radius 3 is 2.94 bits per heavy atom. The fourth-order valence-electron chi connectivity index (χ4n) is 2.47. The fraction of sp³-hybridized carbons (Fsp3) is 0.818. The van der Waals surface area contributed by atoms with E-state index in [9.17, 15) is 0 Å². The maximum atomic E-state index is 6.13. The molecule has 0 N–H and O–H groups in total. The maximum Gasteiger partial charge on any atom is 0.225 e. The lowest BCUT2D eigenvalue weighted by Crippen LogP contribution is -2.22. The van der Waals surface area contributed by atoms with E-state index < -0.39 is 0 Å². The minimum Gasteiger partial charge on any atom is -0.299 e. The van der Waals surface area contributed by atoms with Gasteiger partial charge in [-0.2, -0.15) is 11.8 Å². The quantitative estimate of drug-likeness (QED) is 0.834. The van der Waals surface area contributed by atoms with Crippen molar-refractivity contribution in [2.24, 2.45) is 0 Å². The Morgan fingerprint density at radius 1 is 1.44 bits per heavy atom. The van der Waals surface area contributed by atoms with Crippen molar-refractivity contribution >= 4 is 23.4 Å². The molecule has 5 heteroatoms. The molecular weight excluding hydrogens is 242 g/mol. The molecule has 90 valence electrons. The number of aromatic nitrogens is 3. The van der Waals surface area contributed by atoms with Gasteiger partial charge in [0.15, 0.2) is 0 Å². The highest BCUT2D eigenvalue weighted by Crippen LogP contribution is 2.35. The van der Waals surface area contributed by atoms with Crippen LogP contribution in [-0.2, 0) is 6.42 Å². The minimum absolute atomic E-state index is 0.503. The molecule has 1 fully saturated rings. The van der Waals surface area contributed by atoms with Gasteiger partial charge in [-0.1, -0.05) is 13.3 Å². The van der Waals surface area contributed by atoms with Crippen LogP contribution < -0.4 is 0 Å². The van der Waals surface area contributed by atoms with Gasteiger partial charge in [0.25, 0.3) is 0 Å². The van der Waals surface area contributed by atoms with E-state index in [1.165, 1.54) is 25.7 Å². The number of hydrogen-bond donors (Lipinski definition) is 0. The summed E-state index contributed by atoms with van der Waals surface area (Å²) >= 11 is 8.10. The van der Waals surface area contributed by atoms with Gasteiger partial charge in [0.1, 0.15) is 5.82 Å². The molecule has 0 spiro atoms. The van der Waals surface area contributed by atoms with Crippen LogP contribution in [0.3, 0.4) is 0 Å². The van der Waals surface area contributed by atoms with Gasteiger partial charge < -0.3 is 0 Å². The van der Waals surface area contributed by atoms with Crippen LogP contribution in [0.4, 0.5) is 0 Å². The van der Waals surface area contributed by atoms with Gasteiger partial charge in [0, 0.05) is 17.7 Å². The van der Waals surface area contributed by atoms with E-state index in [-0.39, 0.29) is 0 Å². The number of aryl methyl sites for hydroxylation is 1. The molecule has 16 heavy (non-hydrogen) atoms. The summed E-state index contributed by atoms with van der Waals surface area (Å²) in [6.07, 6.45) is 8.13. The number of nitrogens with zero attached hydrogens (tertiary/aromatic N) is 3. The normalized spacial score (nSPS) is 25.9. The molecule has 0 aromatic carbocycles. The second-order valence-corrected chi connectivity index (χ2v) is 5.76. The number of hydrogen-bond acceptors (Lipinski definition) is 3. The molecule has 1 saturated carbocycles. The molecule has 2 atom stereocenters. The highest BCUT2D eigenvalue weighted by Gasteiger charge is 2.25. The third-order valence-electron chi connectivity index (χ3n) is 3.34. The highest BCUT2D eigenvalue weighted by molar-refractivity contribution is 7.99. The summed E-state index contributed by atoms with van der Waals surface area (Å²) in [5, 5.41) is 9.44. The second-order valence-electron chi connectivity index (χ2n) is 4.29. The summed E-state index contributed by atoms with van der Waals surface area (Å²) in [4.78, 5) is 0. The molecule has 0 aliphatic heterocycles. The van der Waals surface area contributed by atoms with Crippen molar-refractivity contribution in [2.45, 2.75) is 50.3 Å². The number of halogens is 1. The molecule has 0 bridgehead atoms. The van der Waals surface area contributed by atoms with Crippen LogP contribution in [0.15, 0.2) is 0 Å². The molecule has 1 heterocycles. The molecule has 1 aromatic rings. The lowest BCUT2D eigenvalue weighted by atomic mass is 9.94. The van der Waals surface area contributed by atoms with E-state index in [1.807, 2.05) is 11.8 Å². The summed E-state index contributed by atoms with van der Waals surface area (Å²) in [6, 6.07) is 0.503. The van der Waals surface area contributed by atoms with E-state index in [4.69, 9.17) is 11.6 Å². The zero-order valence-corrected chi connectivity index (χ0v) is 11.4. The Balaban J connectivity index is 2.19. The predicted octanol–water partition coefficient (Wildman–Crippen LogP) is 3.34. The van der Waals surface area contributed by atoms with E-state index in [1.54, 1.807) is 0 Å². The largest absolute Gasteiger partial charge is 0.299 e. The number of thioether (sulfide) groups is 1. The van der Waals surface area contributed by atoms with Gasteiger partial charge in [-0.3, -0.25) is 4.57 Å². The lowest BCUT2D eigenvalue weighted by Gasteiger charge is -2.29. The molecule has 2 unspecified atom stereocenters. The molecule has 3 nitrogen and oxygen atoms in total. The Labute approximate surface area is 106 Å². The van der Waals surface area contributed by atoms with E-state index in [0.29, 0.717) is 11.3 Å². The van der Waals surface area contributed by atoms with Crippen molar-refractivity contribution in [3.05, 3.63) is 11.1 Å². The first-order chi connectivity index (χ1) is 7.76. The molecule has 0 saturated heterocycles. The Hall–Kier alpha value is -0.220. The SMILES string of the molecule is CCc1nnc(Cl)n1C1CCCC(SC)C1. The van der Waals surface area contributed by atoms with Gasteiger partial charge in [-0.05, 0) is 37.1 Å². The fourth-order valence-corrected chi connectivity index (χ4v) is 3.56. The van der Waals surface area contributed by atoms with Gasteiger partial charge in [0.2, 0.25) is 5.28 Å². The standard InChI is InChI=1S/C11H18ClN3S/c1-3-10-13-14-11(12)15(10)8-5-4-6-9(7-8)16-2/h8-9H,3-7H2,1-2H3. The molecule has 1 aromatic heterocycles. The summed E-state index contributed by atoms with van der Waals surface area (Å²) in [7, 11) is 0. The summed E-state index contributed by atoms with van der Waals surface area (Å²) in [6.45, 7) is 2.10. The first-order valence-corrected chi connectivity index (χ1v) is 7.55.